The van der Waals surface area contributed by atoms with Crippen molar-refractivity contribution in [1.82, 2.24) is 19.8 Å². The molecule has 8 heteroatoms. The first-order valence-corrected chi connectivity index (χ1v) is 11.3. The molecule has 2 aliphatic rings. The lowest BCUT2D eigenvalue weighted by molar-refractivity contribution is 0.0100. The molecule has 31 heavy (non-hydrogen) atoms. The maximum Gasteiger partial charge on any atom is 0.410 e. The minimum absolute atomic E-state index is 0.0147. The molecular weight excluding hydrogens is 414 g/mol. The number of ether oxygens (including phenoxy) is 1. The molecule has 0 bridgehead atoms. The molecule has 2 fully saturated rings. The van der Waals surface area contributed by atoms with Gasteiger partial charge in [-0.2, -0.15) is 0 Å². The topological polar surface area (TPSA) is 61.8 Å². The summed E-state index contributed by atoms with van der Waals surface area (Å²) in [6.45, 7) is 8.31. The molecule has 1 amide bonds. The first-order chi connectivity index (χ1) is 15.0. The zero-order valence-corrected chi connectivity index (χ0v) is 18.9. The third-order valence-electron chi connectivity index (χ3n) is 6.11. The Balaban J connectivity index is 1.27. The van der Waals surface area contributed by atoms with Crippen molar-refractivity contribution in [3.63, 3.8) is 0 Å². The van der Waals surface area contributed by atoms with Crippen LogP contribution in [0.4, 0.5) is 10.6 Å². The Morgan fingerprint density at radius 3 is 2.35 bits per heavy atom. The highest BCUT2D eigenvalue weighted by Crippen LogP contribution is 2.24. The minimum atomic E-state index is -0.205. The van der Waals surface area contributed by atoms with Crippen molar-refractivity contribution in [2.24, 2.45) is 0 Å². The van der Waals surface area contributed by atoms with Gasteiger partial charge in [-0.1, -0.05) is 41.9 Å². The highest BCUT2D eigenvalue weighted by atomic mass is 35.5. The average Bonchev–Trinajstić information content (AvgIpc) is 2.76. The number of carbonyl (C=O) groups excluding carboxylic acids is 1. The Morgan fingerprint density at radius 1 is 1.06 bits per heavy atom. The van der Waals surface area contributed by atoms with Crippen LogP contribution in [0.15, 0.2) is 42.7 Å². The lowest BCUT2D eigenvalue weighted by Crippen LogP contribution is -2.59. The lowest BCUT2D eigenvalue weighted by atomic mass is 10.1. The van der Waals surface area contributed by atoms with Crippen LogP contribution in [0.2, 0.25) is 5.15 Å². The summed E-state index contributed by atoms with van der Waals surface area (Å²) in [5.41, 5.74) is 1.32. The number of carbonyl (C=O) groups is 1. The van der Waals surface area contributed by atoms with Gasteiger partial charge in [-0.05, 0) is 32.3 Å². The van der Waals surface area contributed by atoms with E-state index in [0.29, 0.717) is 18.2 Å². The first kappa shape index (κ1) is 21.8. The van der Waals surface area contributed by atoms with Gasteiger partial charge in [-0.25, -0.2) is 14.8 Å². The third kappa shape index (κ3) is 5.46. The van der Waals surface area contributed by atoms with E-state index in [1.165, 1.54) is 5.56 Å². The maximum absolute atomic E-state index is 13.0. The molecule has 0 N–H and O–H groups in total. The number of anilines is 1. The molecule has 2 aliphatic heterocycles. The van der Waals surface area contributed by atoms with E-state index in [0.717, 1.165) is 38.3 Å². The van der Waals surface area contributed by atoms with Crippen LogP contribution in [0, 0.1) is 0 Å². The largest absolute Gasteiger partial charge is 0.446 e. The quantitative estimate of drug-likeness (QED) is 0.715. The van der Waals surface area contributed by atoms with Crippen LogP contribution in [0.3, 0.4) is 0 Å². The molecule has 0 aliphatic carbocycles. The summed E-state index contributed by atoms with van der Waals surface area (Å²) >= 11 is 5.85. The summed E-state index contributed by atoms with van der Waals surface area (Å²) in [7, 11) is 0. The van der Waals surface area contributed by atoms with Crippen molar-refractivity contribution in [1.29, 1.82) is 0 Å². The van der Waals surface area contributed by atoms with Crippen molar-refractivity contribution in [3.05, 3.63) is 53.4 Å². The van der Waals surface area contributed by atoms with Crippen LogP contribution >= 0.6 is 11.6 Å². The average molecular weight is 444 g/mol. The zero-order chi connectivity index (χ0) is 21.8. The number of piperidine rings is 1. The minimum Gasteiger partial charge on any atom is -0.446 e. The van der Waals surface area contributed by atoms with Crippen molar-refractivity contribution in [2.45, 2.75) is 51.4 Å². The number of rotatable bonds is 4. The fourth-order valence-electron chi connectivity index (χ4n) is 4.57. The van der Waals surface area contributed by atoms with Crippen molar-refractivity contribution in [2.75, 3.05) is 31.1 Å². The van der Waals surface area contributed by atoms with Crippen LogP contribution in [0.5, 0.6) is 0 Å². The molecule has 0 unspecified atom stereocenters. The SMILES string of the molecule is C[C@@H]1CN(c2cnc(Cl)cn2)C[C@H](C)N1C(=O)OC1CCN(Cc2ccccc2)CC1. The van der Waals surface area contributed by atoms with E-state index in [4.69, 9.17) is 16.3 Å². The summed E-state index contributed by atoms with van der Waals surface area (Å²) in [5, 5.41) is 0.377. The maximum atomic E-state index is 13.0. The molecule has 1 aromatic heterocycles. The van der Waals surface area contributed by atoms with Gasteiger partial charge in [-0.3, -0.25) is 9.80 Å². The van der Waals surface area contributed by atoms with Gasteiger partial charge in [-0.15, -0.1) is 0 Å². The second kappa shape index (κ2) is 9.83. The van der Waals surface area contributed by atoms with Gasteiger partial charge in [0.15, 0.2) is 0 Å². The van der Waals surface area contributed by atoms with Crippen LogP contribution < -0.4 is 4.90 Å². The molecule has 7 nitrogen and oxygen atoms in total. The fourth-order valence-corrected chi connectivity index (χ4v) is 4.67. The van der Waals surface area contributed by atoms with Gasteiger partial charge >= 0.3 is 6.09 Å². The predicted octanol–water partition coefficient (Wildman–Crippen LogP) is 3.83. The molecule has 2 atom stereocenters. The number of benzene rings is 1. The summed E-state index contributed by atoms with van der Waals surface area (Å²) in [6, 6.07) is 10.5. The number of hydrogen-bond donors (Lipinski definition) is 0. The van der Waals surface area contributed by atoms with Gasteiger partial charge in [0.05, 0.1) is 24.5 Å². The van der Waals surface area contributed by atoms with Gasteiger partial charge < -0.3 is 9.64 Å². The predicted molar refractivity (Wildman–Crippen MR) is 121 cm³/mol. The van der Waals surface area contributed by atoms with Gasteiger partial charge in [0.2, 0.25) is 0 Å². The molecule has 2 saturated heterocycles. The number of hydrogen-bond acceptors (Lipinski definition) is 6. The van der Waals surface area contributed by atoms with Gasteiger partial charge in [0, 0.05) is 32.7 Å². The lowest BCUT2D eigenvalue weighted by Gasteiger charge is -2.44. The van der Waals surface area contributed by atoms with Gasteiger partial charge in [0.1, 0.15) is 17.1 Å². The third-order valence-corrected chi connectivity index (χ3v) is 6.31. The molecule has 0 radical (unpaired) electrons. The van der Waals surface area contributed by atoms with E-state index >= 15 is 0 Å². The summed E-state index contributed by atoms with van der Waals surface area (Å²) in [5.74, 6) is 0.780. The number of aromatic nitrogens is 2. The molecule has 4 rings (SSSR count). The van der Waals surface area contributed by atoms with Crippen molar-refractivity contribution < 1.29 is 9.53 Å². The Labute approximate surface area is 189 Å². The first-order valence-electron chi connectivity index (χ1n) is 11.0. The Kier molecular flexibility index (Phi) is 6.92. The number of halogens is 1. The number of nitrogens with zero attached hydrogens (tertiary/aromatic N) is 5. The van der Waals surface area contributed by atoms with E-state index in [9.17, 15) is 4.79 Å². The molecular formula is C23H30ClN5O2. The molecule has 0 saturated carbocycles. The van der Waals surface area contributed by atoms with Crippen LogP contribution in [0.25, 0.3) is 0 Å². The van der Waals surface area contributed by atoms with E-state index in [-0.39, 0.29) is 24.3 Å². The molecule has 3 heterocycles. The smallest absolute Gasteiger partial charge is 0.410 e. The molecule has 0 spiro atoms. The molecule has 1 aromatic carbocycles. The Hall–Kier alpha value is -2.38. The van der Waals surface area contributed by atoms with Crippen molar-refractivity contribution in [3.8, 4) is 0 Å². The monoisotopic (exact) mass is 443 g/mol. The Bertz CT molecular complexity index is 846. The standard InChI is InChI=1S/C23H30ClN5O2/c1-17-14-28(22-13-25-21(24)12-26-22)15-18(2)29(17)23(30)31-20-8-10-27(11-9-20)16-19-6-4-3-5-7-19/h3-7,12-13,17-18,20H,8-11,14-16H2,1-2H3/t17-,18+. The van der Waals surface area contributed by atoms with E-state index in [2.05, 4.69) is 57.9 Å². The van der Waals surface area contributed by atoms with Crippen LogP contribution in [0.1, 0.15) is 32.3 Å². The summed E-state index contributed by atoms with van der Waals surface area (Å²) in [6.07, 6.45) is 4.77. The number of likely N-dealkylation sites (tertiary alicyclic amines) is 1. The second-order valence-electron chi connectivity index (χ2n) is 8.55. The second-order valence-corrected chi connectivity index (χ2v) is 8.94. The fraction of sp³-hybridized carbons (Fsp3) is 0.522. The highest BCUT2D eigenvalue weighted by Gasteiger charge is 2.36. The zero-order valence-electron chi connectivity index (χ0n) is 18.2. The highest BCUT2D eigenvalue weighted by molar-refractivity contribution is 6.29. The number of amides is 1. The summed E-state index contributed by atoms with van der Waals surface area (Å²) < 4.78 is 5.92. The van der Waals surface area contributed by atoms with E-state index in [1.807, 2.05) is 11.0 Å². The normalized spacial score (nSPS) is 23.1. The summed E-state index contributed by atoms with van der Waals surface area (Å²) in [4.78, 5) is 27.9. The molecule has 166 valence electrons. The molecule has 2 aromatic rings. The van der Waals surface area contributed by atoms with Gasteiger partial charge in [0.25, 0.3) is 0 Å². The van der Waals surface area contributed by atoms with E-state index in [1.54, 1.807) is 12.4 Å². The Morgan fingerprint density at radius 2 is 1.74 bits per heavy atom. The van der Waals surface area contributed by atoms with E-state index < -0.39 is 0 Å². The number of piperazine rings is 1. The van der Waals surface area contributed by atoms with Crippen LogP contribution in [-0.2, 0) is 11.3 Å². The van der Waals surface area contributed by atoms with Crippen LogP contribution in [-0.4, -0.2) is 70.2 Å². The van der Waals surface area contributed by atoms with Crippen molar-refractivity contribution >= 4 is 23.5 Å².